The van der Waals surface area contributed by atoms with Crippen LogP contribution in [0.3, 0.4) is 0 Å². The molecule has 9 heteroatoms. The average Bonchev–Trinajstić information content (AvgIpc) is 2.85. The third-order valence-electron chi connectivity index (χ3n) is 6.58. The van der Waals surface area contributed by atoms with E-state index >= 15 is 0 Å². The lowest BCUT2D eigenvalue weighted by Crippen LogP contribution is -2.46. The van der Waals surface area contributed by atoms with Gasteiger partial charge in [-0.2, -0.15) is 0 Å². The van der Waals surface area contributed by atoms with Gasteiger partial charge in [-0.3, -0.25) is 10.2 Å². The Bertz CT molecular complexity index is 882. The summed E-state index contributed by atoms with van der Waals surface area (Å²) in [5.41, 5.74) is 3.81. The number of hydrogen-bond donors (Lipinski definition) is 3. The van der Waals surface area contributed by atoms with E-state index in [1.54, 1.807) is 20.2 Å². The van der Waals surface area contributed by atoms with Gasteiger partial charge in [0.15, 0.2) is 0 Å². The summed E-state index contributed by atoms with van der Waals surface area (Å²) < 4.78 is 10.3. The van der Waals surface area contributed by atoms with Gasteiger partial charge in [-0.05, 0) is 51.3 Å². The van der Waals surface area contributed by atoms with Crippen LogP contribution in [0, 0.1) is 12.3 Å². The van der Waals surface area contributed by atoms with E-state index in [9.17, 15) is 4.79 Å². The smallest absolute Gasteiger partial charge is 0.251 e. The maximum Gasteiger partial charge on any atom is 0.251 e. The first-order valence-corrected chi connectivity index (χ1v) is 12.2. The third-order valence-corrected chi connectivity index (χ3v) is 6.80. The molecule has 0 radical (unpaired) electrons. The molecular formula is C25H40ClN5O3. The fraction of sp³-hybridized carbons (Fsp3) is 0.600. The van der Waals surface area contributed by atoms with Crippen molar-refractivity contribution in [2.45, 2.75) is 39.7 Å². The molecule has 0 spiro atoms. The standard InChI is InChI=1S/C25H40ClN5O3/c1-7-31(20-8-10-30(11-9-20)12-13-33-5)23-15-19(26)14-21(17(23)2)25(32)29-16-22(18(3)28-4)24(27)34-6/h14-15,20,27-28H,7-13,16H2,1-6H3,(H,29,32)/b22-18-,27-24?. The van der Waals surface area contributed by atoms with Crippen LogP contribution >= 0.6 is 11.6 Å². The summed E-state index contributed by atoms with van der Waals surface area (Å²) in [5, 5.41) is 14.5. The minimum atomic E-state index is -0.225. The lowest BCUT2D eigenvalue weighted by molar-refractivity contribution is 0.0956. The maximum atomic E-state index is 13.2. The molecule has 0 atom stereocenters. The summed E-state index contributed by atoms with van der Waals surface area (Å²) in [7, 11) is 4.96. The van der Waals surface area contributed by atoms with Crippen LogP contribution in [0.4, 0.5) is 5.69 Å². The molecule has 0 saturated carbocycles. The Morgan fingerprint density at radius 2 is 1.97 bits per heavy atom. The van der Waals surface area contributed by atoms with Crippen LogP contribution in [-0.2, 0) is 9.47 Å². The molecule has 1 aliphatic rings. The van der Waals surface area contributed by atoms with Crippen LogP contribution in [0.15, 0.2) is 23.4 Å². The van der Waals surface area contributed by atoms with Crippen LogP contribution in [-0.4, -0.2) is 83.3 Å². The molecule has 1 aliphatic heterocycles. The summed E-state index contributed by atoms with van der Waals surface area (Å²) in [6.07, 6.45) is 2.11. The molecule has 0 unspecified atom stereocenters. The number of benzene rings is 1. The van der Waals surface area contributed by atoms with Crippen LogP contribution in [0.2, 0.25) is 5.02 Å². The number of carbonyl (C=O) groups excluding carboxylic acids is 1. The normalized spacial score (nSPS) is 15.5. The Hall–Kier alpha value is -2.29. The highest BCUT2D eigenvalue weighted by Gasteiger charge is 2.26. The van der Waals surface area contributed by atoms with Crippen LogP contribution in [0.5, 0.6) is 0 Å². The van der Waals surface area contributed by atoms with Gasteiger partial charge in [-0.15, -0.1) is 0 Å². The van der Waals surface area contributed by atoms with Crippen molar-refractivity contribution in [3.8, 4) is 0 Å². The molecule has 0 aromatic heterocycles. The molecule has 1 saturated heterocycles. The van der Waals surface area contributed by atoms with E-state index in [4.69, 9.17) is 26.5 Å². The number of allylic oxidation sites excluding steroid dienone is 1. The minimum Gasteiger partial charge on any atom is -0.481 e. The minimum absolute atomic E-state index is 0.0182. The summed E-state index contributed by atoms with van der Waals surface area (Å²) in [5.74, 6) is -0.207. The molecule has 2 rings (SSSR count). The summed E-state index contributed by atoms with van der Waals surface area (Å²) in [6, 6.07) is 4.07. The van der Waals surface area contributed by atoms with Crippen molar-refractivity contribution in [3.63, 3.8) is 0 Å². The topological polar surface area (TPSA) is 89.9 Å². The van der Waals surface area contributed by atoms with Crippen molar-refractivity contribution in [2.24, 2.45) is 0 Å². The van der Waals surface area contributed by atoms with E-state index in [1.165, 1.54) is 7.11 Å². The molecule has 1 aromatic rings. The Labute approximate surface area is 209 Å². The van der Waals surface area contributed by atoms with E-state index in [2.05, 4.69) is 27.4 Å². The SMILES string of the molecule is CCN(c1cc(Cl)cc(C(=O)NC/C(C(=N)OC)=C(\C)NC)c1C)C1CCN(CCOC)CC1. The molecular weight excluding hydrogens is 454 g/mol. The first-order chi connectivity index (χ1) is 16.3. The van der Waals surface area contributed by atoms with E-state index in [0.29, 0.717) is 22.2 Å². The number of amides is 1. The Kier molecular flexibility index (Phi) is 11.1. The highest BCUT2D eigenvalue weighted by Crippen LogP contribution is 2.32. The number of nitrogens with one attached hydrogen (secondary N) is 3. The molecule has 0 aliphatic carbocycles. The number of carbonyl (C=O) groups is 1. The van der Waals surface area contributed by atoms with Crippen molar-refractivity contribution in [1.82, 2.24) is 15.5 Å². The van der Waals surface area contributed by atoms with Gasteiger partial charge in [-0.25, -0.2) is 0 Å². The number of hydrogen-bond acceptors (Lipinski definition) is 7. The summed E-state index contributed by atoms with van der Waals surface area (Å²) >= 11 is 6.49. The molecule has 1 fully saturated rings. The summed E-state index contributed by atoms with van der Waals surface area (Å²) in [4.78, 5) is 18.0. The number of halogens is 1. The number of anilines is 1. The molecule has 1 amide bonds. The van der Waals surface area contributed by atoms with E-state index in [0.717, 1.165) is 62.6 Å². The first kappa shape index (κ1) is 28.0. The lowest BCUT2D eigenvalue weighted by Gasteiger charge is -2.40. The molecule has 190 valence electrons. The predicted octanol–water partition coefficient (Wildman–Crippen LogP) is 3.43. The van der Waals surface area contributed by atoms with Gasteiger partial charge in [0, 0.05) is 68.3 Å². The highest BCUT2D eigenvalue weighted by atomic mass is 35.5. The Balaban J connectivity index is 2.21. The monoisotopic (exact) mass is 493 g/mol. The van der Waals surface area contributed by atoms with Crippen molar-refractivity contribution in [2.75, 3.05) is 65.5 Å². The van der Waals surface area contributed by atoms with Crippen LogP contribution < -0.4 is 15.5 Å². The molecule has 0 bridgehead atoms. The van der Waals surface area contributed by atoms with Crippen molar-refractivity contribution in [1.29, 1.82) is 5.41 Å². The van der Waals surface area contributed by atoms with E-state index in [-0.39, 0.29) is 18.3 Å². The van der Waals surface area contributed by atoms with Crippen LogP contribution in [0.1, 0.15) is 42.6 Å². The number of likely N-dealkylation sites (tertiary alicyclic amines) is 1. The lowest BCUT2D eigenvalue weighted by atomic mass is 9.99. The van der Waals surface area contributed by atoms with Crippen molar-refractivity contribution in [3.05, 3.63) is 39.6 Å². The van der Waals surface area contributed by atoms with Crippen molar-refractivity contribution >= 4 is 29.1 Å². The zero-order chi connectivity index (χ0) is 25.3. The van der Waals surface area contributed by atoms with Gasteiger partial charge in [0.2, 0.25) is 5.90 Å². The van der Waals surface area contributed by atoms with Gasteiger partial charge in [-0.1, -0.05) is 11.6 Å². The average molecular weight is 494 g/mol. The Morgan fingerprint density at radius 3 is 2.53 bits per heavy atom. The second kappa shape index (κ2) is 13.6. The highest BCUT2D eigenvalue weighted by molar-refractivity contribution is 6.31. The van der Waals surface area contributed by atoms with Crippen molar-refractivity contribution < 1.29 is 14.3 Å². The second-order valence-corrected chi connectivity index (χ2v) is 8.96. The maximum absolute atomic E-state index is 13.2. The largest absolute Gasteiger partial charge is 0.481 e. The molecule has 1 aromatic carbocycles. The first-order valence-electron chi connectivity index (χ1n) is 11.8. The van der Waals surface area contributed by atoms with Crippen LogP contribution in [0.25, 0.3) is 0 Å². The fourth-order valence-corrected chi connectivity index (χ4v) is 4.63. The Morgan fingerprint density at radius 1 is 1.29 bits per heavy atom. The van der Waals surface area contributed by atoms with Gasteiger partial charge in [0.1, 0.15) is 0 Å². The molecule has 3 N–H and O–H groups in total. The number of ether oxygens (including phenoxy) is 2. The van der Waals surface area contributed by atoms with Gasteiger partial charge in [0.25, 0.3) is 5.91 Å². The second-order valence-electron chi connectivity index (χ2n) is 8.52. The number of piperidine rings is 1. The number of methoxy groups -OCH3 is 2. The van der Waals surface area contributed by atoms with Gasteiger partial charge < -0.3 is 29.9 Å². The zero-order valence-electron chi connectivity index (χ0n) is 21.4. The number of nitrogens with zero attached hydrogens (tertiary/aromatic N) is 2. The van der Waals surface area contributed by atoms with Gasteiger partial charge >= 0.3 is 0 Å². The van der Waals surface area contributed by atoms with E-state index < -0.39 is 0 Å². The van der Waals surface area contributed by atoms with Gasteiger partial charge in [0.05, 0.1) is 25.8 Å². The predicted molar refractivity (Wildman–Crippen MR) is 139 cm³/mol. The molecule has 8 nitrogen and oxygen atoms in total. The fourth-order valence-electron chi connectivity index (χ4n) is 4.42. The molecule has 1 heterocycles. The zero-order valence-corrected chi connectivity index (χ0v) is 22.1. The summed E-state index contributed by atoms with van der Waals surface area (Å²) in [6.45, 7) is 10.8. The number of rotatable bonds is 11. The van der Waals surface area contributed by atoms with E-state index in [1.807, 2.05) is 19.9 Å². The molecule has 34 heavy (non-hydrogen) atoms. The quantitative estimate of drug-likeness (QED) is 0.323. The third kappa shape index (κ3) is 7.10.